The minimum Gasteiger partial charge on any atom is -0.463 e. The predicted molar refractivity (Wildman–Crippen MR) is 108 cm³/mol. The molecular weight excluding hydrogens is 396 g/mol. The summed E-state index contributed by atoms with van der Waals surface area (Å²) >= 11 is 2.78. The van der Waals surface area contributed by atoms with Crippen LogP contribution < -0.4 is 14.9 Å². The summed E-state index contributed by atoms with van der Waals surface area (Å²) in [5, 5.41) is 1.93. The lowest BCUT2D eigenvalue weighted by Gasteiger charge is -2.23. The zero-order chi connectivity index (χ0) is 19.8. The Morgan fingerprint density at radius 2 is 2.18 bits per heavy atom. The van der Waals surface area contributed by atoms with Crippen molar-refractivity contribution in [2.24, 2.45) is 4.99 Å². The monoisotopic (exact) mass is 414 g/mol. The van der Waals surface area contributed by atoms with Crippen molar-refractivity contribution in [2.75, 3.05) is 6.61 Å². The van der Waals surface area contributed by atoms with Gasteiger partial charge < -0.3 is 9.15 Å². The summed E-state index contributed by atoms with van der Waals surface area (Å²) in [4.78, 5) is 31.9. The molecule has 1 atom stereocenters. The van der Waals surface area contributed by atoms with Gasteiger partial charge in [0.2, 0.25) is 0 Å². The second kappa shape index (κ2) is 7.37. The Hall–Kier alpha value is -2.71. The van der Waals surface area contributed by atoms with Gasteiger partial charge in [0.1, 0.15) is 17.6 Å². The fourth-order valence-electron chi connectivity index (χ4n) is 3.17. The molecule has 1 aliphatic heterocycles. The molecule has 0 aromatic carbocycles. The molecule has 6 nitrogen and oxygen atoms in total. The molecule has 0 saturated heterocycles. The van der Waals surface area contributed by atoms with Crippen LogP contribution in [0.4, 0.5) is 0 Å². The van der Waals surface area contributed by atoms with Crippen molar-refractivity contribution in [2.45, 2.75) is 26.8 Å². The van der Waals surface area contributed by atoms with Gasteiger partial charge >= 0.3 is 5.97 Å². The number of nitrogens with zero attached hydrogens (tertiary/aromatic N) is 2. The molecule has 0 radical (unpaired) electrons. The lowest BCUT2D eigenvalue weighted by atomic mass is 10.0. The Balaban J connectivity index is 1.95. The third-order valence-electron chi connectivity index (χ3n) is 4.36. The molecule has 144 valence electrons. The van der Waals surface area contributed by atoms with Crippen molar-refractivity contribution in [3.63, 3.8) is 0 Å². The number of aryl methyl sites for hydroxylation is 1. The number of rotatable bonds is 4. The lowest BCUT2D eigenvalue weighted by molar-refractivity contribution is -0.139. The maximum absolute atomic E-state index is 13.2. The average Bonchev–Trinajstić information content (AvgIpc) is 3.37. The van der Waals surface area contributed by atoms with E-state index in [1.54, 1.807) is 24.5 Å². The number of ether oxygens (including phenoxy) is 1. The van der Waals surface area contributed by atoms with Crippen LogP contribution in [-0.2, 0) is 9.53 Å². The summed E-state index contributed by atoms with van der Waals surface area (Å²) in [5.41, 5.74) is 0.765. The highest BCUT2D eigenvalue weighted by atomic mass is 32.1. The van der Waals surface area contributed by atoms with Gasteiger partial charge in [-0.05, 0) is 44.4 Å². The van der Waals surface area contributed by atoms with Crippen LogP contribution in [0.15, 0.2) is 55.1 Å². The molecule has 0 amide bonds. The number of allylic oxidation sites excluding steroid dienone is 1. The number of carbonyl (C=O) groups is 1. The van der Waals surface area contributed by atoms with Crippen molar-refractivity contribution in [3.05, 3.63) is 77.0 Å². The Kier molecular flexibility index (Phi) is 4.91. The first kappa shape index (κ1) is 18.6. The predicted octanol–water partition coefficient (Wildman–Crippen LogP) is 2.76. The van der Waals surface area contributed by atoms with E-state index in [-0.39, 0.29) is 12.2 Å². The van der Waals surface area contributed by atoms with Crippen molar-refractivity contribution < 1.29 is 13.9 Å². The SMILES string of the molecule is CCOC(=O)C1=C(C)N=c2s/c(=C/c3ccc(C)o3)c(=O)n2[C@@H]1c1cccs1. The number of esters is 1. The molecule has 3 aromatic rings. The second-order valence-electron chi connectivity index (χ2n) is 6.27. The highest BCUT2D eigenvalue weighted by molar-refractivity contribution is 7.10. The standard InChI is InChI=1S/C20H18N2O4S2/c1-4-25-19(24)16-12(3)21-20-22(17(16)14-6-5-9-27-14)18(23)15(28-20)10-13-8-7-11(2)26-13/h5-10,17H,4H2,1-3H3/b15-10+/t17-/m1/s1. The number of fused-ring (bicyclic) bond motifs is 1. The van der Waals surface area contributed by atoms with Gasteiger partial charge in [0.05, 0.1) is 22.4 Å². The van der Waals surface area contributed by atoms with Crippen LogP contribution in [0.3, 0.4) is 0 Å². The van der Waals surface area contributed by atoms with Crippen LogP contribution in [0.25, 0.3) is 6.08 Å². The van der Waals surface area contributed by atoms with Crippen LogP contribution in [0, 0.1) is 6.92 Å². The molecule has 0 N–H and O–H groups in total. The van der Waals surface area contributed by atoms with Crippen LogP contribution >= 0.6 is 22.7 Å². The average molecular weight is 415 g/mol. The van der Waals surface area contributed by atoms with Gasteiger partial charge in [-0.2, -0.15) is 0 Å². The molecular formula is C20H18N2O4S2. The number of carbonyl (C=O) groups excluding carboxylic acids is 1. The van der Waals surface area contributed by atoms with E-state index < -0.39 is 12.0 Å². The molecule has 4 rings (SSSR count). The van der Waals surface area contributed by atoms with Gasteiger partial charge in [0.15, 0.2) is 4.80 Å². The molecule has 3 aromatic heterocycles. The summed E-state index contributed by atoms with van der Waals surface area (Å²) in [6.45, 7) is 5.65. The number of hydrogen-bond donors (Lipinski definition) is 0. The van der Waals surface area contributed by atoms with E-state index in [2.05, 4.69) is 4.99 Å². The van der Waals surface area contributed by atoms with Gasteiger partial charge in [-0.1, -0.05) is 17.4 Å². The van der Waals surface area contributed by atoms with Crippen LogP contribution in [-0.4, -0.2) is 17.1 Å². The molecule has 0 unspecified atom stereocenters. The second-order valence-corrected chi connectivity index (χ2v) is 8.25. The van der Waals surface area contributed by atoms with E-state index >= 15 is 0 Å². The maximum atomic E-state index is 13.2. The molecule has 0 bridgehead atoms. The minimum atomic E-state index is -0.546. The highest BCUT2D eigenvalue weighted by Gasteiger charge is 2.33. The first-order valence-electron chi connectivity index (χ1n) is 8.79. The van der Waals surface area contributed by atoms with E-state index in [1.807, 2.05) is 36.6 Å². The number of furan rings is 1. The fourth-order valence-corrected chi connectivity index (χ4v) is 5.02. The zero-order valence-electron chi connectivity index (χ0n) is 15.6. The summed E-state index contributed by atoms with van der Waals surface area (Å²) in [7, 11) is 0. The molecule has 28 heavy (non-hydrogen) atoms. The minimum absolute atomic E-state index is 0.203. The lowest BCUT2D eigenvalue weighted by Crippen LogP contribution is -2.39. The maximum Gasteiger partial charge on any atom is 0.338 e. The van der Waals surface area contributed by atoms with Crippen molar-refractivity contribution in [1.82, 2.24) is 4.57 Å². The number of thiazole rings is 1. The van der Waals surface area contributed by atoms with Gasteiger partial charge in [0.25, 0.3) is 5.56 Å². The number of thiophene rings is 1. The summed E-state index contributed by atoms with van der Waals surface area (Å²) in [6, 6.07) is 6.94. The Morgan fingerprint density at radius 3 is 2.82 bits per heavy atom. The van der Waals surface area contributed by atoms with Gasteiger partial charge in [0, 0.05) is 11.0 Å². The molecule has 8 heteroatoms. The van der Waals surface area contributed by atoms with Crippen LogP contribution in [0.1, 0.15) is 36.3 Å². The van der Waals surface area contributed by atoms with Gasteiger partial charge in [-0.15, -0.1) is 11.3 Å². The largest absolute Gasteiger partial charge is 0.463 e. The summed E-state index contributed by atoms with van der Waals surface area (Å²) < 4.78 is 12.9. The summed E-state index contributed by atoms with van der Waals surface area (Å²) in [5.74, 6) is 0.936. The smallest absolute Gasteiger partial charge is 0.338 e. The van der Waals surface area contributed by atoms with E-state index in [0.717, 1.165) is 10.6 Å². The first-order chi connectivity index (χ1) is 13.5. The highest BCUT2D eigenvalue weighted by Crippen LogP contribution is 2.33. The Bertz CT molecular complexity index is 1240. The topological polar surface area (TPSA) is 73.8 Å². The van der Waals surface area contributed by atoms with Crippen molar-refractivity contribution >= 4 is 34.7 Å². The summed E-state index contributed by atoms with van der Waals surface area (Å²) in [6.07, 6.45) is 1.71. The number of aromatic nitrogens is 1. The van der Waals surface area contributed by atoms with Crippen LogP contribution in [0.2, 0.25) is 0 Å². The molecule has 4 heterocycles. The van der Waals surface area contributed by atoms with Crippen molar-refractivity contribution in [3.8, 4) is 0 Å². The molecule has 0 saturated carbocycles. The van der Waals surface area contributed by atoms with E-state index in [4.69, 9.17) is 9.15 Å². The number of hydrogen-bond acceptors (Lipinski definition) is 7. The third-order valence-corrected chi connectivity index (χ3v) is 6.27. The van der Waals surface area contributed by atoms with E-state index in [0.29, 0.717) is 26.4 Å². The molecule has 0 aliphatic carbocycles. The normalized spacial score (nSPS) is 16.8. The quantitative estimate of drug-likeness (QED) is 0.616. The Morgan fingerprint density at radius 1 is 1.36 bits per heavy atom. The molecule has 1 aliphatic rings. The molecule has 0 fully saturated rings. The third kappa shape index (κ3) is 3.18. The van der Waals surface area contributed by atoms with E-state index in [1.165, 1.54) is 22.7 Å². The van der Waals surface area contributed by atoms with Gasteiger partial charge in [-0.3, -0.25) is 9.36 Å². The zero-order valence-corrected chi connectivity index (χ0v) is 17.2. The fraction of sp³-hybridized carbons (Fsp3) is 0.250. The Labute approximate surface area is 168 Å². The van der Waals surface area contributed by atoms with Crippen LogP contribution in [0.5, 0.6) is 0 Å². The molecule has 0 spiro atoms. The first-order valence-corrected chi connectivity index (χ1v) is 10.5. The van der Waals surface area contributed by atoms with Gasteiger partial charge in [-0.25, -0.2) is 9.79 Å². The van der Waals surface area contributed by atoms with E-state index in [9.17, 15) is 9.59 Å². The van der Waals surface area contributed by atoms with Crippen molar-refractivity contribution in [1.29, 1.82) is 0 Å².